The van der Waals surface area contributed by atoms with Crippen LogP contribution in [0.25, 0.3) is 0 Å². The molecule has 3 aliphatic rings. The van der Waals surface area contributed by atoms with Crippen LogP contribution in [0.5, 0.6) is 0 Å². The Morgan fingerprint density at radius 1 is 1.15 bits per heavy atom. The minimum atomic E-state index is -3.82. The van der Waals surface area contributed by atoms with E-state index < -0.39 is 40.1 Å². The minimum absolute atomic E-state index is 0.0201. The van der Waals surface area contributed by atoms with Gasteiger partial charge in [-0.05, 0) is 26.3 Å². The van der Waals surface area contributed by atoms with Crippen molar-refractivity contribution in [1.82, 2.24) is 24.7 Å². The van der Waals surface area contributed by atoms with Crippen molar-refractivity contribution in [3.8, 4) is 0 Å². The molecular weight excluding hydrogens is 482 g/mol. The predicted molar refractivity (Wildman–Crippen MR) is 125 cm³/mol. The molecule has 4 atom stereocenters. The zero-order valence-corrected chi connectivity index (χ0v) is 20.9. The van der Waals surface area contributed by atoms with Crippen molar-refractivity contribution in [2.45, 2.75) is 49.0 Å². The fourth-order valence-corrected chi connectivity index (χ4v) is 6.75. The molecule has 6 amide bonds. The van der Waals surface area contributed by atoms with Gasteiger partial charge in [0.1, 0.15) is 17.5 Å². The standard InChI is InChI=1S/C21H27N5O6S2/c1-12-21(2,3)33-18-15(17(28)26(12)18)22-16(27)14(13-8-6-5-7-9-13)23-19(29)24-10-11-25(20(24)30)34(4,31)32/h5-9,12,14-15,18H,10-11H2,1-4H3,(H,22,27)(H,23,29)/t12-,14?,15+,18+/m0/s1. The fraction of sp³-hybridized carbons (Fsp3) is 0.524. The molecule has 184 valence electrons. The van der Waals surface area contributed by atoms with Crippen LogP contribution in [0.3, 0.4) is 0 Å². The molecule has 0 saturated carbocycles. The minimum Gasteiger partial charge on any atom is -0.340 e. The molecule has 34 heavy (non-hydrogen) atoms. The maximum atomic E-state index is 13.3. The van der Waals surface area contributed by atoms with Crippen molar-refractivity contribution in [2.24, 2.45) is 0 Å². The van der Waals surface area contributed by atoms with E-state index in [4.69, 9.17) is 0 Å². The molecule has 11 nitrogen and oxygen atoms in total. The monoisotopic (exact) mass is 509 g/mol. The molecule has 0 bridgehead atoms. The van der Waals surface area contributed by atoms with Gasteiger partial charge in [0.05, 0.1) is 19.3 Å². The summed E-state index contributed by atoms with van der Waals surface area (Å²) in [5.74, 6) is -0.775. The Morgan fingerprint density at radius 3 is 2.38 bits per heavy atom. The number of hydrogen-bond donors (Lipinski definition) is 2. The molecule has 1 aromatic carbocycles. The van der Waals surface area contributed by atoms with Crippen molar-refractivity contribution in [2.75, 3.05) is 19.3 Å². The van der Waals surface area contributed by atoms with Crippen LogP contribution in [-0.4, -0.2) is 87.9 Å². The van der Waals surface area contributed by atoms with Gasteiger partial charge < -0.3 is 15.5 Å². The number of benzene rings is 1. The molecule has 0 spiro atoms. The highest BCUT2D eigenvalue weighted by Gasteiger charge is 2.60. The van der Waals surface area contributed by atoms with Crippen molar-refractivity contribution in [1.29, 1.82) is 0 Å². The smallest absolute Gasteiger partial charge is 0.340 e. The summed E-state index contributed by atoms with van der Waals surface area (Å²) in [6.07, 6.45) is 0.884. The highest BCUT2D eigenvalue weighted by molar-refractivity contribution is 8.01. The maximum absolute atomic E-state index is 13.3. The lowest BCUT2D eigenvalue weighted by Crippen LogP contribution is -2.69. The summed E-state index contributed by atoms with van der Waals surface area (Å²) >= 11 is 1.61. The third-order valence-electron chi connectivity index (χ3n) is 6.50. The number of nitrogens with one attached hydrogen (secondary N) is 2. The number of rotatable bonds is 5. The molecule has 3 heterocycles. The van der Waals surface area contributed by atoms with Crippen LogP contribution in [0.4, 0.5) is 9.59 Å². The summed E-state index contributed by atoms with van der Waals surface area (Å²) in [4.78, 5) is 53.8. The third-order valence-corrected chi connectivity index (χ3v) is 9.33. The largest absolute Gasteiger partial charge is 0.341 e. The number of hydrogen-bond acceptors (Lipinski definition) is 7. The van der Waals surface area contributed by atoms with Gasteiger partial charge in [-0.1, -0.05) is 30.3 Å². The molecule has 3 fully saturated rings. The van der Waals surface area contributed by atoms with E-state index in [-0.39, 0.29) is 35.2 Å². The quantitative estimate of drug-likeness (QED) is 0.558. The van der Waals surface area contributed by atoms with E-state index in [0.717, 1.165) is 11.2 Å². The third kappa shape index (κ3) is 4.11. The lowest BCUT2D eigenvalue weighted by Gasteiger charge is -2.44. The van der Waals surface area contributed by atoms with Gasteiger partial charge in [-0.2, -0.15) is 0 Å². The molecule has 0 radical (unpaired) electrons. The summed E-state index contributed by atoms with van der Waals surface area (Å²) in [5.41, 5.74) is 0.455. The Kier molecular flexibility index (Phi) is 6.05. The number of amides is 6. The van der Waals surface area contributed by atoms with Gasteiger partial charge in [-0.3, -0.25) is 9.59 Å². The highest BCUT2D eigenvalue weighted by Crippen LogP contribution is 2.50. The SMILES string of the molecule is C[C@@H]1N2C(=O)[C@@H](NC(=O)C(NC(=O)N3CCN(S(C)(=O)=O)C3=O)c3ccccc3)[C@H]2SC1(C)C. The van der Waals surface area contributed by atoms with Gasteiger partial charge in [-0.15, -0.1) is 11.8 Å². The number of carbonyl (C=O) groups is 4. The van der Waals surface area contributed by atoms with Crippen LogP contribution < -0.4 is 10.6 Å². The van der Waals surface area contributed by atoms with E-state index in [1.54, 1.807) is 47.0 Å². The second-order valence-electron chi connectivity index (χ2n) is 9.08. The first-order valence-corrected chi connectivity index (χ1v) is 13.5. The highest BCUT2D eigenvalue weighted by atomic mass is 32.2. The van der Waals surface area contributed by atoms with Crippen LogP contribution in [0.1, 0.15) is 32.4 Å². The van der Waals surface area contributed by atoms with E-state index in [2.05, 4.69) is 10.6 Å². The lowest BCUT2D eigenvalue weighted by atomic mass is 9.97. The first-order valence-electron chi connectivity index (χ1n) is 10.8. The predicted octanol–water partition coefficient (Wildman–Crippen LogP) is 0.702. The number of fused-ring (bicyclic) bond motifs is 1. The van der Waals surface area contributed by atoms with Crippen molar-refractivity contribution in [3.63, 3.8) is 0 Å². The van der Waals surface area contributed by atoms with Gasteiger partial charge in [0.2, 0.25) is 21.8 Å². The number of thioether (sulfide) groups is 1. The van der Waals surface area contributed by atoms with E-state index in [1.807, 2.05) is 20.8 Å². The van der Waals surface area contributed by atoms with Crippen molar-refractivity contribution in [3.05, 3.63) is 35.9 Å². The number of nitrogens with zero attached hydrogens (tertiary/aromatic N) is 3. The topological polar surface area (TPSA) is 136 Å². The fourth-order valence-electron chi connectivity index (χ4n) is 4.30. The molecular formula is C21H27N5O6S2. The van der Waals surface area contributed by atoms with E-state index in [1.165, 1.54) is 0 Å². The maximum Gasteiger partial charge on any atom is 0.341 e. The Bertz CT molecular complexity index is 1140. The summed E-state index contributed by atoms with van der Waals surface area (Å²) < 4.78 is 24.0. The number of sulfonamides is 1. The molecule has 1 unspecified atom stereocenters. The summed E-state index contributed by atoms with van der Waals surface area (Å²) in [7, 11) is -3.82. The number of β-lactam (4-membered cyclic amide) rings is 1. The second-order valence-corrected chi connectivity index (χ2v) is 12.8. The van der Waals surface area contributed by atoms with Gasteiger partial charge in [0.25, 0.3) is 0 Å². The zero-order chi connectivity index (χ0) is 25.0. The molecule has 3 aliphatic heterocycles. The van der Waals surface area contributed by atoms with Gasteiger partial charge in [0, 0.05) is 10.8 Å². The molecule has 0 aromatic heterocycles. The molecule has 4 rings (SSSR count). The molecule has 2 N–H and O–H groups in total. The van der Waals surface area contributed by atoms with Crippen LogP contribution >= 0.6 is 11.8 Å². The van der Waals surface area contributed by atoms with E-state index >= 15 is 0 Å². The normalized spacial score (nSPS) is 26.7. The average Bonchev–Trinajstić information content (AvgIpc) is 3.26. The summed E-state index contributed by atoms with van der Waals surface area (Å²) in [5, 5.41) is 5.09. The van der Waals surface area contributed by atoms with Crippen LogP contribution in [0.2, 0.25) is 0 Å². The Hall–Kier alpha value is -2.80. The molecule has 13 heteroatoms. The summed E-state index contributed by atoms with van der Waals surface area (Å²) in [6, 6.07) is 4.66. The van der Waals surface area contributed by atoms with Crippen molar-refractivity contribution < 1.29 is 27.6 Å². The average molecular weight is 510 g/mol. The Balaban J connectivity index is 1.50. The Morgan fingerprint density at radius 2 is 1.79 bits per heavy atom. The van der Waals surface area contributed by atoms with Gasteiger partial charge in [-0.25, -0.2) is 27.2 Å². The van der Waals surface area contributed by atoms with E-state index in [0.29, 0.717) is 9.87 Å². The van der Waals surface area contributed by atoms with Crippen LogP contribution in [0, 0.1) is 0 Å². The first kappa shape index (κ1) is 24.3. The van der Waals surface area contributed by atoms with Crippen LogP contribution in [0.15, 0.2) is 30.3 Å². The molecule has 3 saturated heterocycles. The number of carbonyl (C=O) groups excluding carboxylic acids is 4. The van der Waals surface area contributed by atoms with Crippen LogP contribution in [-0.2, 0) is 19.6 Å². The first-order chi connectivity index (χ1) is 15.8. The Labute approximate surface area is 202 Å². The lowest BCUT2D eigenvalue weighted by molar-refractivity contribution is -0.151. The second kappa shape index (κ2) is 8.45. The van der Waals surface area contributed by atoms with E-state index in [9.17, 15) is 27.6 Å². The summed E-state index contributed by atoms with van der Waals surface area (Å²) in [6.45, 7) is 5.78. The van der Waals surface area contributed by atoms with Gasteiger partial charge in [0.15, 0.2) is 0 Å². The van der Waals surface area contributed by atoms with Crippen molar-refractivity contribution >= 4 is 45.7 Å². The number of imide groups is 1. The molecule has 1 aromatic rings. The molecule has 0 aliphatic carbocycles. The number of urea groups is 2. The van der Waals surface area contributed by atoms with Gasteiger partial charge >= 0.3 is 12.1 Å². The zero-order valence-electron chi connectivity index (χ0n) is 19.2.